The Bertz CT molecular complexity index is 365. The molecule has 0 aromatic rings. The molecule has 0 aliphatic carbocycles. The quantitative estimate of drug-likeness (QED) is 0.743. The molecular formula is C13H23N3O4. The van der Waals surface area contributed by atoms with Crippen molar-refractivity contribution < 1.29 is 19.5 Å². The van der Waals surface area contributed by atoms with Gasteiger partial charge in [0.05, 0.1) is 13.0 Å². The van der Waals surface area contributed by atoms with E-state index in [1.807, 2.05) is 13.8 Å². The van der Waals surface area contributed by atoms with Crippen molar-refractivity contribution in [2.45, 2.75) is 39.2 Å². The molecule has 7 heteroatoms. The van der Waals surface area contributed by atoms with E-state index in [4.69, 9.17) is 5.11 Å². The summed E-state index contributed by atoms with van der Waals surface area (Å²) in [6.45, 7) is 5.22. The number of carbonyl (C=O) groups excluding carboxylic acids is 2. The Labute approximate surface area is 118 Å². The van der Waals surface area contributed by atoms with Gasteiger partial charge in [0.25, 0.3) is 0 Å². The highest BCUT2D eigenvalue weighted by molar-refractivity contribution is 5.84. The van der Waals surface area contributed by atoms with Gasteiger partial charge in [-0.15, -0.1) is 0 Å². The predicted octanol–water partition coefficient (Wildman–Crippen LogP) is 0.504. The predicted molar refractivity (Wildman–Crippen MR) is 73.3 cm³/mol. The Morgan fingerprint density at radius 1 is 1.25 bits per heavy atom. The highest BCUT2D eigenvalue weighted by Gasteiger charge is 2.21. The Kier molecular flexibility index (Phi) is 6.27. The second-order valence-corrected chi connectivity index (χ2v) is 5.18. The summed E-state index contributed by atoms with van der Waals surface area (Å²) in [5.41, 5.74) is 0. The van der Waals surface area contributed by atoms with Crippen molar-refractivity contribution in [1.82, 2.24) is 15.1 Å². The first-order valence-corrected chi connectivity index (χ1v) is 6.96. The van der Waals surface area contributed by atoms with Gasteiger partial charge in [0.2, 0.25) is 5.91 Å². The summed E-state index contributed by atoms with van der Waals surface area (Å²) < 4.78 is 0. The highest BCUT2D eigenvalue weighted by atomic mass is 16.4. The van der Waals surface area contributed by atoms with Gasteiger partial charge in [-0.3, -0.25) is 9.59 Å². The summed E-state index contributed by atoms with van der Waals surface area (Å²) in [4.78, 5) is 37.5. The van der Waals surface area contributed by atoms with E-state index in [1.165, 1.54) is 4.90 Å². The minimum absolute atomic E-state index is 0.0326. The molecule has 3 amide bonds. The van der Waals surface area contributed by atoms with Gasteiger partial charge < -0.3 is 20.2 Å². The summed E-state index contributed by atoms with van der Waals surface area (Å²) in [5, 5.41) is 11.2. The van der Waals surface area contributed by atoms with Crippen molar-refractivity contribution >= 4 is 17.9 Å². The number of urea groups is 1. The maximum Gasteiger partial charge on any atom is 0.318 e. The van der Waals surface area contributed by atoms with Crippen molar-refractivity contribution in [3.63, 3.8) is 0 Å². The molecule has 0 spiro atoms. The second kappa shape index (κ2) is 7.72. The molecule has 0 radical (unpaired) electrons. The van der Waals surface area contributed by atoms with E-state index in [0.29, 0.717) is 0 Å². The molecule has 1 saturated heterocycles. The first-order chi connectivity index (χ1) is 9.41. The Balaban J connectivity index is 2.40. The number of carbonyl (C=O) groups is 3. The van der Waals surface area contributed by atoms with Gasteiger partial charge in [0, 0.05) is 25.7 Å². The second-order valence-electron chi connectivity index (χ2n) is 5.18. The Morgan fingerprint density at radius 2 is 1.85 bits per heavy atom. The normalized spacial score (nSPS) is 14.4. The third kappa shape index (κ3) is 5.07. The van der Waals surface area contributed by atoms with Crippen LogP contribution in [0.15, 0.2) is 0 Å². The van der Waals surface area contributed by atoms with Gasteiger partial charge in [-0.05, 0) is 26.7 Å². The lowest BCUT2D eigenvalue weighted by molar-refractivity contribution is -0.137. The first-order valence-electron chi connectivity index (χ1n) is 6.96. The van der Waals surface area contributed by atoms with E-state index < -0.39 is 12.0 Å². The molecule has 114 valence electrons. The van der Waals surface area contributed by atoms with Gasteiger partial charge >= 0.3 is 12.0 Å². The molecule has 0 atom stereocenters. The number of likely N-dealkylation sites (tertiary alicyclic amines) is 1. The van der Waals surface area contributed by atoms with Crippen LogP contribution in [0.4, 0.5) is 4.79 Å². The number of nitrogens with zero attached hydrogens (tertiary/aromatic N) is 2. The van der Waals surface area contributed by atoms with Crippen LogP contribution in [0.25, 0.3) is 0 Å². The molecule has 0 aromatic heterocycles. The lowest BCUT2D eigenvalue weighted by Gasteiger charge is -2.26. The van der Waals surface area contributed by atoms with E-state index in [1.54, 1.807) is 4.90 Å². The molecule has 0 saturated carbocycles. The molecule has 0 bridgehead atoms. The molecule has 0 aromatic carbocycles. The van der Waals surface area contributed by atoms with Gasteiger partial charge in [0.15, 0.2) is 0 Å². The number of hydrogen-bond acceptors (Lipinski definition) is 3. The zero-order valence-corrected chi connectivity index (χ0v) is 12.1. The molecule has 20 heavy (non-hydrogen) atoms. The van der Waals surface area contributed by atoms with Gasteiger partial charge in [-0.1, -0.05) is 0 Å². The van der Waals surface area contributed by atoms with E-state index in [2.05, 4.69) is 5.32 Å². The minimum Gasteiger partial charge on any atom is -0.481 e. The van der Waals surface area contributed by atoms with Crippen molar-refractivity contribution in [2.24, 2.45) is 0 Å². The summed E-state index contributed by atoms with van der Waals surface area (Å²) in [7, 11) is 0. The zero-order chi connectivity index (χ0) is 15.1. The molecular weight excluding hydrogens is 262 g/mol. The van der Waals surface area contributed by atoms with Crippen molar-refractivity contribution in [3.05, 3.63) is 0 Å². The number of hydrogen-bond donors (Lipinski definition) is 2. The van der Waals surface area contributed by atoms with Crippen LogP contribution in [0.2, 0.25) is 0 Å². The van der Waals surface area contributed by atoms with Crippen LogP contribution >= 0.6 is 0 Å². The molecule has 0 unspecified atom stereocenters. The first kappa shape index (κ1) is 16.3. The fourth-order valence-corrected chi connectivity index (χ4v) is 2.14. The number of carboxylic acids is 1. The maximum absolute atomic E-state index is 12.0. The summed E-state index contributed by atoms with van der Waals surface area (Å²) in [6.07, 6.45) is 1.92. The van der Waals surface area contributed by atoms with Gasteiger partial charge in [0.1, 0.15) is 0 Å². The van der Waals surface area contributed by atoms with Crippen molar-refractivity contribution in [1.29, 1.82) is 0 Å². The average molecular weight is 285 g/mol. The standard InChI is InChI=1S/C13H23N3O4/c1-10(2)16(8-5-12(18)19)13(20)14-9-11(17)15-6-3-4-7-15/h10H,3-9H2,1-2H3,(H,14,20)(H,18,19). The molecule has 1 aliphatic rings. The van der Waals surface area contributed by atoms with Crippen LogP contribution in [0, 0.1) is 0 Å². The van der Waals surface area contributed by atoms with Gasteiger partial charge in [-0.25, -0.2) is 4.79 Å². The Morgan fingerprint density at radius 3 is 2.35 bits per heavy atom. The third-order valence-corrected chi connectivity index (χ3v) is 3.30. The highest BCUT2D eigenvalue weighted by Crippen LogP contribution is 2.07. The lowest BCUT2D eigenvalue weighted by atomic mass is 10.3. The number of aliphatic carboxylic acids is 1. The van der Waals surface area contributed by atoms with E-state index in [-0.39, 0.29) is 31.5 Å². The van der Waals surface area contributed by atoms with E-state index in [0.717, 1.165) is 25.9 Å². The third-order valence-electron chi connectivity index (χ3n) is 3.30. The van der Waals surface area contributed by atoms with Crippen LogP contribution in [0.5, 0.6) is 0 Å². The molecule has 1 aliphatic heterocycles. The maximum atomic E-state index is 12.0. The summed E-state index contributed by atoms with van der Waals surface area (Å²) >= 11 is 0. The SMILES string of the molecule is CC(C)N(CCC(=O)O)C(=O)NCC(=O)N1CCCC1. The monoisotopic (exact) mass is 285 g/mol. The Hall–Kier alpha value is -1.79. The fraction of sp³-hybridized carbons (Fsp3) is 0.769. The van der Waals surface area contributed by atoms with E-state index >= 15 is 0 Å². The fourth-order valence-electron chi connectivity index (χ4n) is 2.14. The van der Waals surface area contributed by atoms with Crippen molar-refractivity contribution in [3.8, 4) is 0 Å². The smallest absolute Gasteiger partial charge is 0.318 e. The molecule has 7 nitrogen and oxygen atoms in total. The summed E-state index contributed by atoms with van der Waals surface area (Å²) in [6, 6.07) is -0.509. The van der Waals surface area contributed by atoms with E-state index in [9.17, 15) is 14.4 Å². The number of rotatable bonds is 6. The minimum atomic E-state index is -0.948. The van der Waals surface area contributed by atoms with Crippen molar-refractivity contribution in [2.75, 3.05) is 26.2 Å². The molecule has 1 heterocycles. The molecule has 1 rings (SSSR count). The largest absolute Gasteiger partial charge is 0.481 e. The van der Waals surface area contributed by atoms with Crippen LogP contribution in [-0.2, 0) is 9.59 Å². The van der Waals surface area contributed by atoms with Crippen LogP contribution in [0.1, 0.15) is 33.1 Å². The topological polar surface area (TPSA) is 90.0 Å². The average Bonchev–Trinajstić information content (AvgIpc) is 2.89. The zero-order valence-electron chi connectivity index (χ0n) is 12.1. The lowest BCUT2D eigenvalue weighted by Crippen LogP contribution is -2.48. The number of carboxylic acid groups (broad SMARTS) is 1. The number of amides is 3. The van der Waals surface area contributed by atoms with Crippen LogP contribution < -0.4 is 5.32 Å². The van der Waals surface area contributed by atoms with Crippen LogP contribution in [-0.4, -0.2) is 65.0 Å². The van der Waals surface area contributed by atoms with Gasteiger partial charge in [-0.2, -0.15) is 0 Å². The molecule has 1 fully saturated rings. The molecule has 2 N–H and O–H groups in total. The number of nitrogens with one attached hydrogen (secondary N) is 1. The van der Waals surface area contributed by atoms with Crippen LogP contribution in [0.3, 0.4) is 0 Å². The summed E-state index contributed by atoms with van der Waals surface area (Å²) in [5.74, 6) is -1.03.